The summed E-state index contributed by atoms with van der Waals surface area (Å²) < 4.78 is 0. The lowest BCUT2D eigenvalue weighted by atomic mass is 9.84. The molecule has 0 bridgehead atoms. The second-order valence-corrected chi connectivity index (χ2v) is 5.15. The number of rotatable bonds is 4. The van der Waals surface area contributed by atoms with Crippen LogP contribution in [0.4, 0.5) is 0 Å². The van der Waals surface area contributed by atoms with Crippen LogP contribution in [-0.4, -0.2) is 23.5 Å². The van der Waals surface area contributed by atoms with E-state index in [4.69, 9.17) is 5.73 Å². The van der Waals surface area contributed by atoms with Crippen molar-refractivity contribution in [2.45, 2.75) is 44.7 Å². The quantitative estimate of drug-likeness (QED) is 0.865. The molecule has 1 aromatic rings. The summed E-state index contributed by atoms with van der Waals surface area (Å²) in [6.07, 6.45) is 5.06. The smallest absolute Gasteiger partial charge is 0.0332 e. The number of nitrogens with two attached hydrogens (primary N) is 1. The molecule has 0 radical (unpaired) electrons. The van der Waals surface area contributed by atoms with Crippen LogP contribution < -0.4 is 5.73 Å². The highest BCUT2D eigenvalue weighted by Crippen LogP contribution is 2.31. The largest absolute Gasteiger partial charge is 0.329 e. The van der Waals surface area contributed by atoms with Crippen molar-refractivity contribution in [2.75, 3.05) is 13.1 Å². The molecule has 2 rings (SSSR count). The van der Waals surface area contributed by atoms with Gasteiger partial charge in [-0.25, -0.2) is 0 Å². The van der Waals surface area contributed by atoms with Crippen molar-refractivity contribution in [3.8, 4) is 0 Å². The molecule has 0 aliphatic carbocycles. The zero-order valence-corrected chi connectivity index (χ0v) is 10.9. The molecule has 17 heavy (non-hydrogen) atoms. The summed E-state index contributed by atoms with van der Waals surface area (Å²) in [6, 6.07) is 10.7. The van der Waals surface area contributed by atoms with Crippen LogP contribution in [0.25, 0.3) is 0 Å². The van der Waals surface area contributed by atoms with Crippen LogP contribution in [0, 0.1) is 0 Å². The summed E-state index contributed by atoms with van der Waals surface area (Å²) >= 11 is 0. The summed E-state index contributed by atoms with van der Waals surface area (Å²) in [5.74, 6) is 0. The van der Waals surface area contributed by atoms with Gasteiger partial charge in [0.05, 0.1) is 0 Å². The maximum absolute atomic E-state index is 6.05. The first-order valence-corrected chi connectivity index (χ1v) is 6.80. The average Bonchev–Trinajstić information content (AvgIpc) is 2.41. The Morgan fingerprint density at radius 3 is 2.65 bits per heavy atom. The molecule has 2 heteroatoms. The molecule has 1 aliphatic heterocycles. The first-order valence-electron chi connectivity index (χ1n) is 6.80. The fourth-order valence-corrected chi connectivity index (χ4v) is 2.98. The first-order chi connectivity index (χ1) is 8.30. The molecular formula is C15H24N2. The highest BCUT2D eigenvalue weighted by molar-refractivity contribution is 5.15. The standard InChI is InChI=1S/C15H24N2/c1-2-15(13-16)10-6-7-11-17(15)12-14-8-4-3-5-9-14/h3-5,8-9H,2,6-7,10-13,16H2,1H3. The molecule has 1 aliphatic rings. The van der Waals surface area contributed by atoms with Gasteiger partial charge in [-0.3, -0.25) is 4.90 Å². The van der Waals surface area contributed by atoms with E-state index in [1.807, 2.05) is 0 Å². The molecule has 2 N–H and O–H groups in total. The Balaban J connectivity index is 2.12. The lowest BCUT2D eigenvalue weighted by Crippen LogP contribution is -2.55. The topological polar surface area (TPSA) is 29.3 Å². The fourth-order valence-electron chi connectivity index (χ4n) is 2.98. The Labute approximate surface area is 105 Å². The second-order valence-electron chi connectivity index (χ2n) is 5.15. The van der Waals surface area contributed by atoms with Crippen molar-refractivity contribution in [1.82, 2.24) is 4.90 Å². The van der Waals surface area contributed by atoms with Crippen molar-refractivity contribution in [2.24, 2.45) is 5.73 Å². The molecule has 1 unspecified atom stereocenters. The molecule has 0 amide bonds. The third kappa shape index (κ3) is 2.70. The molecule has 1 heterocycles. The third-order valence-electron chi connectivity index (χ3n) is 4.25. The Kier molecular flexibility index (Phi) is 4.19. The molecule has 0 aromatic heterocycles. The van der Waals surface area contributed by atoms with Gasteiger partial charge in [0.1, 0.15) is 0 Å². The van der Waals surface area contributed by atoms with Gasteiger partial charge in [0.25, 0.3) is 0 Å². The summed E-state index contributed by atoms with van der Waals surface area (Å²) in [6.45, 7) is 5.30. The number of benzene rings is 1. The zero-order valence-electron chi connectivity index (χ0n) is 10.9. The molecule has 1 saturated heterocycles. The SMILES string of the molecule is CCC1(CN)CCCCN1Cc1ccccc1. The summed E-state index contributed by atoms with van der Waals surface area (Å²) in [4.78, 5) is 2.60. The molecular weight excluding hydrogens is 208 g/mol. The van der Waals surface area contributed by atoms with E-state index in [1.165, 1.54) is 31.4 Å². The molecule has 2 nitrogen and oxygen atoms in total. The number of likely N-dealkylation sites (tertiary alicyclic amines) is 1. The van der Waals surface area contributed by atoms with E-state index < -0.39 is 0 Å². The van der Waals surface area contributed by atoms with Crippen LogP contribution in [0.5, 0.6) is 0 Å². The lowest BCUT2D eigenvalue weighted by Gasteiger charge is -2.46. The predicted molar refractivity (Wildman–Crippen MR) is 72.8 cm³/mol. The number of nitrogens with zero attached hydrogens (tertiary/aromatic N) is 1. The van der Waals surface area contributed by atoms with E-state index in [2.05, 4.69) is 42.2 Å². The van der Waals surface area contributed by atoms with E-state index in [-0.39, 0.29) is 5.54 Å². The highest BCUT2D eigenvalue weighted by Gasteiger charge is 2.35. The van der Waals surface area contributed by atoms with Crippen molar-refractivity contribution < 1.29 is 0 Å². The maximum atomic E-state index is 6.05. The van der Waals surface area contributed by atoms with Gasteiger partial charge in [-0.2, -0.15) is 0 Å². The molecule has 1 aromatic carbocycles. The minimum absolute atomic E-state index is 0.244. The number of hydrogen-bond acceptors (Lipinski definition) is 2. The van der Waals surface area contributed by atoms with Crippen LogP contribution in [0.2, 0.25) is 0 Å². The Morgan fingerprint density at radius 2 is 2.00 bits per heavy atom. The minimum atomic E-state index is 0.244. The van der Waals surface area contributed by atoms with Gasteiger partial charge in [-0.05, 0) is 31.4 Å². The van der Waals surface area contributed by atoms with Crippen LogP contribution in [0.3, 0.4) is 0 Å². The van der Waals surface area contributed by atoms with E-state index in [0.29, 0.717) is 0 Å². The normalized spacial score (nSPS) is 26.0. The molecule has 1 atom stereocenters. The van der Waals surface area contributed by atoms with Crippen LogP contribution >= 0.6 is 0 Å². The van der Waals surface area contributed by atoms with Gasteiger partial charge in [0.15, 0.2) is 0 Å². The third-order valence-corrected chi connectivity index (χ3v) is 4.25. The molecule has 0 spiro atoms. The second kappa shape index (κ2) is 5.65. The maximum Gasteiger partial charge on any atom is 0.0332 e. The lowest BCUT2D eigenvalue weighted by molar-refractivity contribution is 0.0419. The molecule has 94 valence electrons. The Bertz CT molecular complexity index is 330. The Morgan fingerprint density at radius 1 is 1.24 bits per heavy atom. The van der Waals surface area contributed by atoms with Gasteiger partial charge in [-0.1, -0.05) is 43.7 Å². The van der Waals surface area contributed by atoms with E-state index in [0.717, 1.165) is 19.5 Å². The van der Waals surface area contributed by atoms with Gasteiger partial charge in [-0.15, -0.1) is 0 Å². The van der Waals surface area contributed by atoms with E-state index >= 15 is 0 Å². The fraction of sp³-hybridized carbons (Fsp3) is 0.600. The van der Waals surface area contributed by atoms with Gasteiger partial charge < -0.3 is 5.73 Å². The van der Waals surface area contributed by atoms with Crippen LogP contribution in [0.1, 0.15) is 38.2 Å². The Hall–Kier alpha value is -0.860. The van der Waals surface area contributed by atoms with Crippen molar-refractivity contribution >= 4 is 0 Å². The summed E-state index contributed by atoms with van der Waals surface area (Å²) in [7, 11) is 0. The molecule has 1 fully saturated rings. The zero-order chi connectivity index (χ0) is 12.1. The van der Waals surface area contributed by atoms with Gasteiger partial charge >= 0.3 is 0 Å². The van der Waals surface area contributed by atoms with Crippen LogP contribution in [0.15, 0.2) is 30.3 Å². The average molecular weight is 232 g/mol. The van der Waals surface area contributed by atoms with Gasteiger partial charge in [0.2, 0.25) is 0 Å². The van der Waals surface area contributed by atoms with Crippen molar-refractivity contribution in [1.29, 1.82) is 0 Å². The van der Waals surface area contributed by atoms with E-state index in [1.54, 1.807) is 0 Å². The van der Waals surface area contributed by atoms with Crippen molar-refractivity contribution in [3.05, 3.63) is 35.9 Å². The van der Waals surface area contributed by atoms with Crippen LogP contribution in [-0.2, 0) is 6.54 Å². The summed E-state index contributed by atoms with van der Waals surface area (Å²) in [5.41, 5.74) is 7.70. The monoisotopic (exact) mass is 232 g/mol. The predicted octanol–water partition coefficient (Wildman–Crippen LogP) is 2.78. The van der Waals surface area contributed by atoms with Crippen molar-refractivity contribution in [3.63, 3.8) is 0 Å². The minimum Gasteiger partial charge on any atom is -0.329 e. The number of piperidine rings is 1. The first kappa shape index (κ1) is 12.6. The van der Waals surface area contributed by atoms with Gasteiger partial charge in [0, 0.05) is 18.6 Å². The van der Waals surface area contributed by atoms with E-state index in [9.17, 15) is 0 Å². The number of hydrogen-bond donors (Lipinski definition) is 1. The highest BCUT2D eigenvalue weighted by atomic mass is 15.2. The molecule has 0 saturated carbocycles. The summed E-state index contributed by atoms with van der Waals surface area (Å²) in [5, 5.41) is 0.